The monoisotopic (exact) mass is 319 g/mol. The maximum atomic E-state index is 11.7. The Hall–Kier alpha value is -0.660. The van der Waals surface area contributed by atoms with Gasteiger partial charge in [0.2, 0.25) is 0 Å². The molecule has 1 saturated heterocycles. The number of rotatable bonds is 3. The van der Waals surface area contributed by atoms with Crippen molar-refractivity contribution >= 4 is 19.7 Å². The van der Waals surface area contributed by atoms with Gasteiger partial charge < -0.3 is 4.74 Å². The largest absolute Gasteiger partial charge is 0.374 e. The average Bonchev–Trinajstić information content (AvgIpc) is 3.02. The highest BCUT2D eigenvalue weighted by Gasteiger charge is 2.44. The van der Waals surface area contributed by atoms with E-state index in [4.69, 9.17) is 15.4 Å². The second kappa shape index (κ2) is 4.68. The van der Waals surface area contributed by atoms with Crippen LogP contribution in [-0.2, 0) is 13.8 Å². The van der Waals surface area contributed by atoms with Gasteiger partial charge in [0, 0.05) is 16.7 Å². The number of aromatic nitrogens is 3. The van der Waals surface area contributed by atoms with Gasteiger partial charge in [0.1, 0.15) is 5.82 Å². The van der Waals surface area contributed by atoms with Crippen molar-refractivity contribution in [1.82, 2.24) is 14.8 Å². The fourth-order valence-corrected chi connectivity index (χ4v) is 4.00. The first-order valence-electron chi connectivity index (χ1n) is 6.85. The summed E-state index contributed by atoms with van der Waals surface area (Å²) in [7, 11) is 1.60. The van der Waals surface area contributed by atoms with E-state index in [-0.39, 0.29) is 35.2 Å². The van der Waals surface area contributed by atoms with Gasteiger partial charge in [0.05, 0.1) is 18.1 Å². The van der Waals surface area contributed by atoms with Crippen LogP contribution in [-0.4, -0.2) is 35.4 Å². The summed E-state index contributed by atoms with van der Waals surface area (Å²) in [6, 6.07) is 0.152. The van der Waals surface area contributed by atoms with Crippen LogP contribution in [0.3, 0.4) is 0 Å². The fourth-order valence-electron chi connectivity index (χ4n) is 3.07. The third kappa shape index (κ3) is 2.25. The van der Waals surface area contributed by atoms with Gasteiger partial charge in [-0.2, -0.15) is 0 Å². The van der Waals surface area contributed by atoms with Crippen molar-refractivity contribution in [3.63, 3.8) is 0 Å². The minimum atomic E-state index is -3.87. The van der Waals surface area contributed by atoms with Crippen LogP contribution in [0.1, 0.15) is 51.4 Å². The highest BCUT2D eigenvalue weighted by Crippen LogP contribution is 2.44. The summed E-state index contributed by atoms with van der Waals surface area (Å²) in [5, 5.41) is 7.83. The molecular formula is C12H18ClN3O3S. The summed E-state index contributed by atoms with van der Waals surface area (Å²) in [5.41, 5.74) is 0. The van der Waals surface area contributed by atoms with Gasteiger partial charge in [-0.1, -0.05) is 6.92 Å². The minimum absolute atomic E-state index is 0.00687. The Kier molecular flexibility index (Phi) is 3.34. The number of ether oxygens (including phenoxy) is 1. The molecule has 1 aromatic heterocycles. The van der Waals surface area contributed by atoms with Crippen molar-refractivity contribution in [2.24, 2.45) is 5.92 Å². The first-order chi connectivity index (χ1) is 9.30. The molecule has 3 rings (SSSR count). The molecule has 2 aliphatic rings. The SMILES string of the molecule is CC1OC(C)C(c2nnc(S(=O)(=O)Cl)n2C2CC2)C1C. The second-order valence-electron chi connectivity index (χ2n) is 5.81. The standard InChI is InChI=1S/C12H18ClN3O3S/c1-6-7(2)19-8(3)10(6)11-14-15-12(20(13,17)18)16(11)9-4-5-9/h6-10H,4-5H2,1-3H3. The van der Waals surface area contributed by atoms with Crippen LogP contribution in [0.2, 0.25) is 0 Å². The van der Waals surface area contributed by atoms with E-state index in [1.165, 1.54) is 0 Å². The molecule has 4 atom stereocenters. The Morgan fingerprint density at radius 2 is 1.85 bits per heavy atom. The van der Waals surface area contributed by atoms with Crippen molar-refractivity contribution in [2.75, 3.05) is 0 Å². The summed E-state index contributed by atoms with van der Waals surface area (Å²) >= 11 is 0. The molecule has 4 unspecified atom stereocenters. The van der Waals surface area contributed by atoms with E-state index in [0.29, 0.717) is 5.82 Å². The smallest absolute Gasteiger partial charge is 0.296 e. The second-order valence-corrected chi connectivity index (χ2v) is 8.27. The summed E-state index contributed by atoms with van der Waals surface area (Å²) in [5.74, 6) is 0.999. The van der Waals surface area contributed by atoms with Gasteiger partial charge >= 0.3 is 0 Å². The van der Waals surface area contributed by atoms with Gasteiger partial charge in [-0.05, 0) is 32.6 Å². The third-order valence-electron chi connectivity index (χ3n) is 4.36. The van der Waals surface area contributed by atoms with Gasteiger partial charge in [0.15, 0.2) is 0 Å². The van der Waals surface area contributed by atoms with Crippen LogP contribution in [0, 0.1) is 5.92 Å². The predicted octanol–water partition coefficient (Wildman–Crippen LogP) is 2.07. The first kappa shape index (κ1) is 14.3. The Morgan fingerprint density at radius 1 is 1.20 bits per heavy atom. The molecule has 0 aromatic carbocycles. The quantitative estimate of drug-likeness (QED) is 0.797. The molecule has 6 nitrogen and oxygen atoms in total. The van der Waals surface area contributed by atoms with Crippen molar-refractivity contribution < 1.29 is 13.2 Å². The number of halogens is 1. The lowest BCUT2D eigenvalue weighted by Gasteiger charge is -2.19. The molecule has 1 saturated carbocycles. The molecule has 112 valence electrons. The van der Waals surface area contributed by atoms with Crippen molar-refractivity contribution in [3.05, 3.63) is 5.82 Å². The molecule has 0 amide bonds. The van der Waals surface area contributed by atoms with Crippen molar-refractivity contribution in [1.29, 1.82) is 0 Å². The topological polar surface area (TPSA) is 74.1 Å². The first-order valence-corrected chi connectivity index (χ1v) is 9.16. The number of nitrogens with zero attached hydrogens (tertiary/aromatic N) is 3. The molecule has 1 aliphatic carbocycles. The maximum Gasteiger partial charge on any atom is 0.296 e. The lowest BCUT2D eigenvalue weighted by atomic mass is 9.89. The number of hydrogen-bond donors (Lipinski definition) is 0. The zero-order valence-electron chi connectivity index (χ0n) is 11.7. The van der Waals surface area contributed by atoms with E-state index in [0.717, 1.165) is 12.8 Å². The highest BCUT2D eigenvalue weighted by molar-refractivity contribution is 8.13. The summed E-state index contributed by atoms with van der Waals surface area (Å²) < 4.78 is 30.8. The van der Waals surface area contributed by atoms with Gasteiger partial charge in [-0.3, -0.25) is 4.57 Å². The van der Waals surface area contributed by atoms with Gasteiger partial charge in [0.25, 0.3) is 14.2 Å². The van der Waals surface area contributed by atoms with Crippen LogP contribution < -0.4 is 0 Å². The van der Waals surface area contributed by atoms with E-state index in [2.05, 4.69) is 17.1 Å². The highest BCUT2D eigenvalue weighted by atomic mass is 35.7. The van der Waals surface area contributed by atoms with Crippen LogP contribution in [0.4, 0.5) is 0 Å². The Bertz CT molecular complexity index is 626. The van der Waals surface area contributed by atoms with Crippen LogP contribution in [0.5, 0.6) is 0 Å². The molecule has 2 fully saturated rings. The van der Waals surface area contributed by atoms with Crippen molar-refractivity contribution in [3.8, 4) is 0 Å². The Morgan fingerprint density at radius 3 is 2.30 bits per heavy atom. The maximum absolute atomic E-state index is 11.7. The molecule has 2 heterocycles. The fraction of sp³-hybridized carbons (Fsp3) is 0.833. The van der Waals surface area contributed by atoms with Crippen LogP contribution in [0.15, 0.2) is 5.16 Å². The van der Waals surface area contributed by atoms with E-state index in [9.17, 15) is 8.42 Å². The minimum Gasteiger partial charge on any atom is -0.374 e. The predicted molar refractivity (Wildman–Crippen MR) is 73.2 cm³/mol. The van der Waals surface area contributed by atoms with Crippen LogP contribution in [0.25, 0.3) is 0 Å². The normalized spacial score (nSPS) is 34.6. The molecule has 0 N–H and O–H groups in total. The molecule has 0 bridgehead atoms. The summed E-state index contributed by atoms with van der Waals surface area (Å²) in [4.78, 5) is 0. The molecule has 1 aromatic rings. The van der Waals surface area contributed by atoms with Gasteiger partial charge in [-0.15, -0.1) is 10.2 Å². The molecule has 0 spiro atoms. The Labute approximate surface area is 122 Å². The van der Waals surface area contributed by atoms with E-state index in [1.54, 1.807) is 4.57 Å². The number of hydrogen-bond acceptors (Lipinski definition) is 5. The molecular weight excluding hydrogens is 302 g/mol. The van der Waals surface area contributed by atoms with Crippen molar-refractivity contribution in [2.45, 2.75) is 62.9 Å². The van der Waals surface area contributed by atoms with E-state index < -0.39 is 9.05 Å². The zero-order chi connectivity index (χ0) is 14.7. The van der Waals surface area contributed by atoms with Crippen LogP contribution >= 0.6 is 10.7 Å². The summed E-state index contributed by atoms with van der Waals surface area (Å²) in [6.45, 7) is 6.11. The zero-order valence-corrected chi connectivity index (χ0v) is 13.2. The van der Waals surface area contributed by atoms with Gasteiger partial charge in [-0.25, -0.2) is 8.42 Å². The van der Waals surface area contributed by atoms with E-state index in [1.807, 2.05) is 13.8 Å². The molecule has 1 aliphatic heterocycles. The summed E-state index contributed by atoms with van der Waals surface area (Å²) in [6.07, 6.45) is 2.00. The average molecular weight is 320 g/mol. The lowest BCUT2D eigenvalue weighted by Crippen LogP contribution is -2.20. The molecule has 0 radical (unpaired) electrons. The molecule has 20 heavy (non-hydrogen) atoms. The Balaban J connectivity index is 2.09. The van der Waals surface area contributed by atoms with E-state index >= 15 is 0 Å². The third-order valence-corrected chi connectivity index (χ3v) is 5.49. The molecule has 8 heteroatoms. The lowest BCUT2D eigenvalue weighted by molar-refractivity contribution is 0.0551.